The van der Waals surface area contributed by atoms with E-state index in [0.717, 1.165) is 5.56 Å². The zero-order valence-corrected chi connectivity index (χ0v) is 13.4. The zero-order valence-electron chi connectivity index (χ0n) is 13.4. The molecule has 2 aromatic rings. The zero-order chi connectivity index (χ0) is 17.2. The summed E-state index contributed by atoms with van der Waals surface area (Å²) in [7, 11) is 0. The topological polar surface area (TPSA) is 80.0 Å². The first-order valence-electron chi connectivity index (χ1n) is 7.81. The number of carbonyl (C=O) groups excluding carboxylic acids is 1. The lowest BCUT2D eigenvalue weighted by Crippen LogP contribution is -2.54. The average molecular weight is 329 g/mol. The van der Waals surface area contributed by atoms with Crippen LogP contribution in [-0.4, -0.2) is 40.6 Å². The van der Waals surface area contributed by atoms with Gasteiger partial charge in [-0.25, -0.2) is 4.79 Å². The summed E-state index contributed by atoms with van der Waals surface area (Å²) in [6, 6.07) is 8.94. The smallest absolute Gasteiger partial charge is 0.348 e. The van der Waals surface area contributed by atoms with Crippen LogP contribution in [0.4, 0.5) is 0 Å². The van der Waals surface area contributed by atoms with Gasteiger partial charge in [-0.15, -0.1) is 0 Å². The van der Waals surface area contributed by atoms with Crippen molar-refractivity contribution in [2.75, 3.05) is 13.1 Å². The molecule has 2 heterocycles. The summed E-state index contributed by atoms with van der Waals surface area (Å²) in [6.45, 7) is 2.52. The van der Waals surface area contributed by atoms with E-state index in [1.54, 1.807) is 17.0 Å². The standard InChI is InChI=1S/C18H19NO5/c1-13-4-2-3-5-15(13)24-18(17(21)22)7-9-19(10-8-18)16(20)14-6-11-23-12-14/h2-6,11-12H,7-10H2,1H3,(H,21,22). The molecule has 126 valence electrons. The van der Waals surface area contributed by atoms with Crippen molar-refractivity contribution in [3.8, 4) is 5.75 Å². The number of likely N-dealkylation sites (tertiary alicyclic amines) is 1. The first-order valence-corrected chi connectivity index (χ1v) is 7.81. The number of aliphatic carboxylic acids is 1. The van der Waals surface area contributed by atoms with Crippen LogP contribution in [0.3, 0.4) is 0 Å². The van der Waals surface area contributed by atoms with Gasteiger partial charge >= 0.3 is 5.97 Å². The minimum absolute atomic E-state index is 0.154. The molecule has 0 atom stereocenters. The number of rotatable bonds is 4. The van der Waals surface area contributed by atoms with Crippen LogP contribution in [0.15, 0.2) is 47.3 Å². The van der Waals surface area contributed by atoms with E-state index in [2.05, 4.69) is 0 Å². The van der Waals surface area contributed by atoms with E-state index in [0.29, 0.717) is 24.4 Å². The molecule has 1 fully saturated rings. The van der Waals surface area contributed by atoms with Crippen LogP contribution in [-0.2, 0) is 4.79 Å². The molecular weight excluding hydrogens is 310 g/mol. The maximum Gasteiger partial charge on any atom is 0.348 e. The summed E-state index contributed by atoms with van der Waals surface area (Å²) in [5, 5.41) is 9.71. The normalized spacial score (nSPS) is 16.6. The molecule has 6 heteroatoms. The van der Waals surface area contributed by atoms with Gasteiger partial charge in [0.05, 0.1) is 11.8 Å². The molecule has 1 aliphatic rings. The summed E-state index contributed by atoms with van der Waals surface area (Å²) < 4.78 is 10.8. The lowest BCUT2D eigenvalue weighted by molar-refractivity contribution is -0.159. The Hall–Kier alpha value is -2.76. The van der Waals surface area contributed by atoms with Gasteiger partial charge in [-0.3, -0.25) is 4.79 Å². The Balaban J connectivity index is 1.74. The number of carboxylic acids is 1. The number of carbonyl (C=O) groups is 2. The van der Waals surface area contributed by atoms with Gasteiger partial charge in [-0.2, -0.15) is 0 Å². The number of piperidine rings is 1. The van der Waals surface area contributed by atoms with Gasteiger partial charge < -0.3 is 19.2 Å². The van der Waals surface area contributed by atoms with Crippen molar-refractivity contribution in [1.29, 1.82) is 0 Å². The molecule has 1 aromatic carbocycles. The molecule has 1 saturated heterocycles. The van der Waals surface area contributed by atoms with Gasteiger partial charge in [0, 0.05) is 25.9 Å². The molecule has 0 saturated carbocycles. The second kappa shape index (κ2) is 6.39. The van der Waals surface area contributed by atoms with Crippen LogP contribution >= 0.6 is 0 Å². The third kappa shape index (κ3) is 2.99. The van der Waals surface area contributed by atoms with Crippen molar-refractivity contribution in [3.63, 3.8) is 0 Å². The minimum atomic E-state index is -1.31. The van der Waals surface area contributed by atoms with Gasteiger partial charge in [0.1, 0.15) is 12.0 Å². The third-order valence-electron chi connectivity index (χ3n) is 4.42. The average Bonchev–Trinajstić information content (AvgIpc) is 3.11. The van der Waals surface area contributed by atoms with Crippen LogP contribution in [0.2, 0.25) is 0 Å². The number of carboxylic acid groups (broad SMARTS) is 1. The van der Waals surface area contributed by atoms with E-state index in [1.807, 2.05) is 25.1 Å². The molecule has 3 rings (SSSR count). The van der Waals surface area contributed by atoms with Crippen molar-refractivity contribution in [2.45, 2.75) is 25.4 Å². The highest BCUT2D eigenvalue weighted by Crippen LogP contribution is 2.31. The van der Waals surface area contributed by atoms with Crippen molar-refractivity contribution < 1.29 is 23.8 Å². The molecule has 6 nitrogen and oxygen atoms in total. The molecule has 1 aliphatic heterocycles. The van der Waals surface area contributed by atoms with Gasteiger partial charge in [-0.1, -0.05) is 18.2 Å². The molecule has 0 unspecified atom stereocenters. The summed E-state index contributed by atoms with van der Waals surface area (Å²) in [5.41, 5.74) is 0.0481. The van der Waals surface area contributed by atoms with Gasteiger partial charge in [0.15, 0.2) is 0 Å². The van der Waals surface area contributed by atoms with Crippen molar-refractivity contribution in [3.05, 3.63) is 54.0 Å². The second-order valence-corrected chi connectivity index (χ2v) is 5.97. The fourth-order valence-electron chi connectivity index (χ4n) is 2.88. The lowest BCUT2D eigenvalue weighted by Gasteiger charge is -2.39. The molecule has 24 heavy (non-hydrogen) atoms. The fraction of sp³-hybridized carbons (Fsp3) is 0.333. The highest BCUT2D eigenvalue weighted by atomic mass is 16.5. The predicted molar refractivity (Wildman–Crippen MR) is 86.0 cm³/mol. The molecule has 0 aliphatic carbocycles. The van der Waals surface area contributed by atoms with E-state index >= 15 is 0 Å². The Bertz CT molecular complexity index is 730. The highest BCUT2D eigenvalue weighted by Gasteiger charge is 2.45. The van der Waals surface area contributed by atoms with Gasteiger partial charge in [0.2, 0.25) is 5.60 Å². The monoisotopic (exact) mass is 329 g/mol. The lowest BCUT2D eigenvalue weighted by atomic mass is 9.90. The fourth-order valence-corrected chi connectivity index (χ4v) is 2.88. The molecule has 1 N–H and O–H groups in total. The van der Waals surface area contributed by atoms with Gasteiger partial charge in [-0.05, 0) is 24.6 Å². The number of nitrogens with zero attached hydrogens (tertiary/aromatic N) is 1. The summed E-state index contributed by atoms with van der Waals surface area (Å²) in [4.78, 5) is 25.8. The molecule has 1 amide bonds. The third-order valence-corrected chi connectivity index (χ3v) is 4.42. The number of furan rings is 1. The predicted octanol–water partition coefficient (Wildman–Crippen LogP) is 2.73. The molecule has 0 bridgehead atoms. The Morgan fingerprint density at radius 1 is 1.21 bits per heavy atom. The van der Waals surface area contributed by atoms with E-state index in [9.17, 15) is 14.7 Å². The Morgan fingerprint density at radius 2 is 1.92 bits per heavy atom. The quantitative estimate of drug-likeness (QED) is 0.933. The largest absolute Gasteiger partial charge is 0.478 e. The molecule has 0 radical (unpaired) electrons. The van der Waals surface area contributed by atoms with Crippen molar-refractivity contribution in [1.82, 2.24) is 4.90 Å². The second-order valence-electron chi connectivity index (χ2n) is 5.97. The van der Waals surface area contributed by atoms with Crippen LogP contribution in [0, 0.1) is 6.92 Å². The summed E-state index contributed by atoms with van der Waals surface area (Å²) >= 11 is 0. The van der Waals surface area contributed by atoms with Crippen molar-refractivity contribution in [2.24, 2.45) is 0 Å². The van der Waals surface area contributed by atoms with Gasteiger partial charge in [0.25, 0.3) is 5.91 Å². The number of ether oxygens (including phenoxy) is 1. The van der Waals surface area contributed by atoms with E-state index in [4.69, 9.17) is 9.15 Å². The van der Waals surface area contributed by atoms with Crippen molar-refractivity contribution >= 4 is 11.9 Å². The van der Waals surface area contributed by atoms with E-state index < -0.39 is 11.6 Å². The Labute approximate surface area is 139 Å². The number of hydrogen-bond acceptors (Lipinski definition) is 4. The van der Waals surface area contributed by atoms with Crippen LogP contribution < -0.4 is 4.74 Å². The number of hydrogen-bond donors (Lipinski definition) is 1. The van der Waals surface area contributed by atoms with Crippen LogP contribution in [0.5, 0.6) is 5.75 Å². The maximum absolute atomic E-state index is 12.3. The minimum Gasteiger partial charge on any atom is -0.478 e. The highest BCUT2D eigenvalue weighted by molar-refractivity contribution is 5.94. The number of benzene rings is 1. The number of para-hydroxylation sites is 1. The summed E-state index contributed by atoms with van der Waals surface area (Å²) in [5.74, 6) is -0.589. The Morgan fingerprint density at radius 3 is 2.50 bits per heavy atom. The molecule has 1 aromatic heterocycles. The SMILES string of the molecule is Cc1ccccc1OC1(C(=O)O)CCN(C(=O)c2ccoc2)CC1. The van der Waals surface area contributed by atoms with Crippen LogP contribution in [0.25, 0.3) is 0 Å². The first-order chi connectivity index (χ1) is 11.5. The van der Waals surface area contributed by atoms with Crippen LogP contribution in [0.1, 0.15) is 28.8 Å². The number of aryl methyl sites for hydroxylation is 1. The Kier molecular flexibility index (Phi) is 4.29. The maximum atomic E-state index is 12.3. The molecule has 0 spiro atoms. The number of amides is 1. The first kappa shape index (κ1) is 16.1. The van der Waals surface area contributed by atoms with E-state index in [-0.39, 0.29) is 18.7 Å². The molecular formula is C18H19NO5. The van der Waals surface area contributed by atoms with E-state index in [1.165, 1.54) is 12.5 Å². The summed E-state index contributed by atoms with van der Waals surface area (Å²) in [6.07, 6.45) is 3.31.